The van der Waals surface area contributed by atoms with Gasteiger partial charge in [-0.05, 0) is 12.1 Å². The van der Waals surface area contributed by atoms with E-state index in [-0.39, 0.29) is 0 Å². The number of rotatable bonds is 4. The van der Waals surface area contributed by atoms with Gasteiger partial charge in [-0.3, -0.25) is 0 Å². The minimum absolute atomic E-state index is 0.326. The fourth-order valence-electron chi connectivity index (χ4n) is 0.549. The van der Waals surface area contributed by atoms with Gasteiger partial charge in [0.05, 0.1) is 6.61 Å². The molecule has 1 heterocycles. The predicted octanol–water partition coefficient (Wildman–Crippen LogP) is 0.223. The van der Waals surface area contributed by atoms with Gasteiger partial charge in [-0.15, -0.1) is 15.0 Å². The maximum atomic E-state index is 5.14. The lowest BCUT2D eigenvalue weighted by atomic mass is 10.4. The quantitative estimate of drug-likeness (QED) is 0.582. The summed E-state index contributed by atoms with van der Waals surface area (Å²) in [6.45, 7) is 6.44. The van der Waals surface area contributed by atoms with Crippen molar-refractivity contribution in [3.63, 3.8) is 0 Å². The molecule has 1 aromatic rings. The molecule has 0 spiro atoms. The van der Waals surface area contributed by atoms with Crippen LogP contribution in [0.5, 0.6) is 0 Å². The first-order valence-corrected chi connectivity index (χ1v) is 3.22. The second-order valence-corrected chi connectivity index (χ2v) is 2.24. The minimum Gasteiger partial charge on any atom is -0.353 e. The van der Waals surface area contributed by atoms with Crippen molar-refractivity contribution in [1.82, 2.24) is 20.2 Å². The Kier molecular flexibility index (Phi) is 2.74. The maximum absolute atomic E-state index is 5.14. The fraction of sp³-hybridized carbons (Fsp3) is 0.500. The second kappa shape index (κ2) is 3.82. The summed E-state index contributed by atoms with van der Waals surface area (Å²) in [6.07, 6.45) is 1.37. The molecular formula is C6H10N4O. The molecule has 0 aromatic carbocycles. The number of aromatic nitrogens is 4. The van der Waals surface area contributed by atoms with Crippen LogP contribution in [0, 0.1) is 0 Å². The molecule has 0 aliphatic carbocycles. The Bertz CT molecular complexity index is 218. The van der Waals surface area contributed by atoms with Gasteiger partial charge in [0.25, 0.3) is 0 Å². The van der Waals surface area contributed by atoms with E-state index in [9.17, 15) is 0 Å². The van der Waals surface area contributed by atoms with Crippen LogP contribution in [0.2, 0.25) is 0 Å². The first-order valence-electron chi connectivity index (χ1n) is 3.22. The lowest BCUT2D eigenvalue weighted by Crippen LogP contribution is -2.07. The molecule has 5 nitrogen and oxygen atoms in total. The second-order valence-electron chi connectivity index (χ2n) is 2.24. The molecule has 11 heavy (non-hydrogen) atoms. The fourth-order valence-corrected chi connectivity index (χ4v) is 0.549. The number of nitrogens with zero attached hydrogens (tertiary/aromatic N) is 4. The van der Waals surface area contributed by atoms with E-state index >= 15 is 0 Å². The van der Waals surface area contributed by atoms with E-state index in [1.54, 1.807) is 0 Å². The molecule has 5 heteroatoms. The van der Waals surface area contributed by atoms with E-state index in [1.165, 1.54) is 11.1 Å². The topological polar surface area (TPSA) is 52.8 Å². The Balaban J connectivity index is 2.19. The summed E-state index contributed by atoms with van der Waals surface area (Å²) in [4.78, 5) is 1.36. The Morgan fingerprint density at radius 3 is 3.09 bits per heavy atom. The summed E-state index contributed by atoms with van der Waals surface area (Å²) in [5, 5.41) is 10.9. The Morgan fingerprint density at radius 2 is 2.55 bits per heavy atom. The van der Waals surface area contributed by atoms with Crippen molar-refractivity contribution in [2.75, 3.05) is 6.61 Å². The van der Waals surface area contributed by atoms with Crippen LogP contribution < -0.4 is 0 Å². The first-order chi connectivity index (χ1) is 5.29. The summed E-state index contributed by atoms with van der Waals surface area (Å²) in [5.74, 6) is 0. The third-order valence-electron chi connectivity index (χ3n) is 0.947. The van der Waals surface area contributed by atoms with Crippen molar-refractivity contribution in [2.45, 2.75) is 13.7 Å². The Hall–Kier alpha value is -1.23. The third-order valence-corrected chi connectivity index (χ3v) is 0.947. The molecule has 0 atom stereocenters. The Labute approximate surface area is 64.7 Å². The van der Waals surface area contributed by atoms with E-state index < -0.39 is 0 Å². The summed E-state index contributed by atoms with van der Waals surface area (Å²) >= 11 is 0. The number of ether oxygens (including phenoxy) is 1. The van der Waals surface area contributed by atoms with Crippen molar-refractivity contribution in [3.8, 4) is 0 Å². The summed E-state index contributed by atoms with van der Waals surface area (Å²) in [6, 6.07) is 0. The molecule has 0 aliphatic heterocycles. The average Bonchev–Trinajstić information content (AvgIpc) is 2.39. The molecule has 0 bridgehead atoms. The predicted molar refractivity (Wildman–Crippen MR) is 38.6 cm³/mol. The zero-order valence-electron chi connectivity index (χ0n) is 6.40. The van der Waals surface area contributed by atoms with E-state index in [4.69, 9.17) is 4.74 Å². The lowest BCUT2D eigenvalue weighted by molar-refractivity contribution is 0.0747. The molecule has 0 aliphatic rings. The average molecular weight is 154 g/mol. The van der Waals surface area contributed by atoms with Crippen LogP contribution in [0.3, 0.4) is 0 Å². The van der Waals surface area contributed by atoms with Crippen molar-refractivity contribution < 1.29 is 4.74 Å². The van der Waals surface area contributed by atoms with Crippen molar-refractivity contribution in [3.05, 3.63) is 18.5 Å². The first kappa shape index (κ1) is 7.87. The molecule has 0 radical (unpaired) electrons. The van der Waals surface area contributed by atoms with Crippen LogP contribution in [-0.4, -0.2) is 26.8 Å². The Morgan fingerprint density at radius 1 is 1.73 bits per heavy atom. The molecule has 0 N–H and O–H groups in total. The highest BCUT2D eigenvalue weighted by Crippen LogP contribution is 1.88. The van der Waals surface area contributed by atoms with Gasteiger partial charge in [0.15, 0.2) is 13.1 Å². The van der Waals surface area contributed by atoms with Crippen LogP contribution in [0.1, 0.15) is 6.92 Å². The lowest BCUT2D eigenvalue weighted by Gasteiger charge is -2.00. The number of hydrogen-bond acceptors (Lipinski definition) is 4. The van der Waals surface area contributed by atoms with Gasteiger partial charge >= 0.3 is 0 Å². The highest BCUT2D eigenvalue weighted by molar-refractivity contribution is 4.86. The van der Waals surface area contributed by atoms with Crippen molar-refractivity contribution in [1.29, 1.82) is 0 Å². The number of hydrogen-bond donors (Lipinski definition) is 0. The molecule has 1 rings (SSSR count). The van der Waals surface area contributed by atoms with Gasteiger partial charge in [-0.2, -0.15) is 0 Å². The zero-order chi connectivity index (χ0) is 8.10. The third kappa shape index (κ3) is 2.90. The standard InChI is InChI=1S/C6H10N4O/c1-6(2)3-11-5-10-8-4-7-9-10/h4H,1,3,5H2,2H3. The molecule has 0 unspecified atom stereocenters. The van der Waals surface area contributed by atoms with Gasteiger partial charge in [-0.1, -0.05) is 12.2 Å². The van der Waals surface area contributed by atoms with E-state index in [0.29, 0.717) is 13.3 Å². The maximum Gasteiger partial charge on any atom is 0.162 e. The molecule has 1 aromatic heterocycles. The molecular weight excluding hydrogens is 144 g/mol. The highest BCUT2D eigenvalue weighted by atomic mass is 16.5. The van der Waals surface area contributed by atoms with Gasteiger partial charge in [-0.25, -0.2) is 0 Å². The van der Waals surface area contributed by atoms with Crippen LogP contribution in [0.15, 0.2) is 18.5 Å². The van der Waals surface area contributed by atoms with Gasteiger partial charge in [0.2, 0.25) is 0 Å². The summed E-state index contributed by atoms with van der Waals surface area (Å²) in [5.41, 5.74) is 0.977. The van der Waals surface area contributed by atoms with Gasteiger partial charge < -0.3 is 4.74 Å². The zero-order valence-corrected chi connectivity index (χ0v) is 6.40. The summed E-state index contributed by atoms with van der Waals surface area (Å²) in [7, 11) is 0. The molecule has 60 valence electrons. The van der Waals surface area contributed by atoms with Gasteiger partial charge in [0.1, 0.15) is 0 Å². The van der Waals surface area contributed by atoms with Crippen LogP contribution in [0.25, 0.3) is 0 Å². The minimum atomic E-state index is 0.326. The highest BCUT2D eigenvalue weighted by Gasteiger charge is 1.91. The molecule has 0 saturated carbocycles. The molecule has 0 fully saturated rings. The van der Waals surface area contributed by atoms with E-state index in [0.717, 1.165) is 5.57 Å². The molecule has 0 saturated heterocycles. The van der Waals surface area contributed by atoms with Crippen LogP contribution in [-0.2, 0) is 11.5 Å². The van der Waals surface area contributed by atoms with E-state index in [2.05, 4.69) is 22.0 Å². The normalized spacial score (nSPS) is 9.91. The smallest absolute Gasteiger partial charge is 0.162 e. The monoisotopic (exact) mass is 154 g/mol. The van der Waals surface area contributed by atoms with Crippen molar-refractivity contribution in [2.24, 2.45) is 0 Å². The van der Waals surface area contributed by atoms with E-state index in [1.807, 2.05) is 6.92 Å². The largest absolute Gasteiger partial charge is 0.353 e. The van der Waals surface area contributed by atoms with Crippen molar-refractivity contribution >= 4 is 0 Å². The molecule has 0 amide bonds. The summed E-state index contributed by atoms with van der Waals surface area (Å²) < 4.78 is 5.14. The SMILES string of the molecule is C=C(C)COCn1ncnn1. The van der Waals surface area contributed by atoms with Gasteiger partial charge in [0, 0.05) is 0 Å². The van der Waals surface area contributed by atoms with Crippen LogP contribution in [0.4, 0.5) is 0 Å². The number of tetrazole rings is 1. The van der Waals surface area contributed by atoms with Crippen LogP contribution >= 0.6 is 0 Å².